The summed E-state index contributed by atoms with van der Waals surface area (Å²) in [7, 11) is 1.83. The Kier molecular flexibility index (Phi) is 4.81. The fraction of sp³-hybridized carbons (Fsp3) is 0.462. The molecule has 2 aromatic rings. The number of nitrogens with one attached hydrogen (secondary N) is 2. The Hall–Kier alpha value is -2.51. The van der Waals surface area contributed by atoms with E-state index in [1.54, 1.807) is 23.0 Å². The zero-order chi connectivity index (χ0) is 15.2. The summed E-state index contributed by atoms with van der Waals surface area (Å²) >= 11 is 0. The summed E-state index contributed by atoms with van der Waals surface area (Å²) < 4.78 is 1.76. The van der Waals surface area contributed by atoms with Crippen LogP contribution in [-0.4, -0.2) is 37.4 Å². The van der Waals surface area contributed by atoms with Gasteiger partial charge in [0.25, 0.3) is 5.91 Å². The van der Waals surface area contributed by atoms with Gasteiger partial charge < -0.3 is 15.2 Å². The van der Waals surface area contributed by atoms with Crippen LogP contribution in [0, 0.1) is 0 Å². The van der Waals surface area contributed by atoms with Gasteiger partial charge in [-0.15, -0.1) is 20.4 Å². The van der Waals surface area contributed by atoms with Crippen molar-refractivity contribution in [3.8, 4) is 0 Å². The van der Waals surface area contributed by atoms with E-state index in [0.717, 1.165) is 13.0 Å². The summed E-state index contributed by atoms with van der Waals surface area (Å²) in [5, 5.41) is 21.6. The number of aromatic nitrogens is 5. The average Bonchev–Trinajstić information content (AvgIpc) is 2.91. The molecule has 0 aromatic carbocycles. The molecule has 0 aliphatic carbocycles. The number of hydrogen-bond acceptors (Lipinski definition) is 6. The third kappa shape index (κ3) is 3.74. The summed E-state index contributed by atoms with van der Waals surface area (Å²) in [6.45, 7) is 4.73. The Bertz CT molecular complexity index is 593. The molecular formula is C13H19N7O. The van der Waals surface area contributed by atoms with E-state index in [1.807, 2.05) is 14.0 Å². The molecule has 2 heterocycles. The predicted octanol–water partition coefficient (Wildman–Crippen LogP) is 0.918. The smallest absolute Gasteiger partial charge is 0.272 e. The highest BCUT2D eigenvalue weighted by molar-refractivity contribution is 5.92. The molecule has 8 heteroatoms. The highest BCUT2D eigenvalue weighted by Crippen LogP contribution is 2.09. The monoisotopic (exact) mass is 289 g/mol. The maximum absolute atomic E-state index is 12.1. The molecule has 2 rings (SSSR count). The molecular weight excluding hydrogens is 270 g/mol. The minimum Gasteiger partial charge on any atom is -0.369 e. The molecule has 112 valence electrons. The number of anilines is 1. The molecule has 8 nitrogen and oxygen atoms in total. The van der Waals surface area contributed by atoms with Crippen molar-refractivity contribution < 1.29 is 4.79 Å². The largest absolute Gasteiger partial charge is 0.369 e. The van der Waals surface area contributed by atoms with Crippen molar-refractivity contribution in [3.63, 3.8) is 0 Å². The van der Waals surface area contributed by atoms with Crippen molar-refractivity contribution in [3.05, 3.63) is 30.0 Å². The summed E-state index contributed by atoms with van der Waals surface area (Å²) in [5.41, 5.74) is 0.270. The standard InChI is InChI=1S/C13H19N7O/c1-4-7-14-11-6-5-10(17-18-11)13(21)16-9(2)12-19-15-8-20(12)3/h5-6,8-9H,4,7H2,1-3H3,(H,14,18)(H,16,21). The van der Waals surface area contributed by atoms with Gasteiger partial charge in [0, 0.05) is 13.6 Å². The van der Waals surface area contributed by atoms with Crippen LogP contribution in [-0.2, 0) is 7.05 Å². The molecule has 0 saturated carbocycles. The highest BCUT2D eigenvalue weighted by Gasteiger charge is 2.16. The van der Waals surface area contributed by atoms with Gasteiger partial charge in [-0.05, 0) is 25.5 Å². The molecule has 0 aliphatic heterocycles. The molecule has 2 N–H and O–H groups in total. The first-order valence-corrected chi connectivity index (χ1v) is 6.84. The van der Waals surface area contributed by atoms with E-state index in [9.17, 15) is 4.79 Å². The molecule has 2 aromatic heterocycles. The summed E-state index contributed by atoms with van der Waals surface area (Å²) in [6, 6.07) is 3.12. The molecule has 0 spiro atoms. The van der Waals surface area contributed by atoms with E-state index in [1.165, 1.54) is 0 Å². The van der Waals surface area contributed by atoms with Crippen LogP contribution in [0.15, 0.2) is 18.5 Å². The van der Waals surface area contributed by atoms with Gasteiger partial charge in [-0.2, -0.15) is 0 Å². The van der Waals surface area contributed by atoms with Crippen LogP contribution in [0.5, 0.6) is 0 Å². The normalized spacial score (nSPS) is 12.0. The third-order valence-corrected chi connectivity index (χ3v) is 2.93. The zero-order valence-corrected chi connectivity index (χ0v) is 12.4. The second-order valence-corrected chi connectivity index (χ2v) is 4.73. The quantitative estimate of drug-likeness (QED) is 0.820. The molecule has 1 unspecified atom stereocenters. The predicted molar refractivity (Wildman–Crippen MR) is 77.7 cm³/mol. The third-order valence-electron chi connectivity index (χ3n) is 2.93. The number of aryl methyl sites for hydroxylation is 1. The van der Waals surface area contributed by atoms with E-state index in [4.69, 9.17) is 0 Å². The van der Waals surface area contributed by atoms with Crippen molar-refractivity contribution in [2.45, 2.75) is 26.3 Å². The van der Waals surface area contributed by atoms with Gasteiger partial charge in [0.1, 0.15) is 12.1 Å². The summed E-state index contributed by atoms with van der Waals surface area (Å²) in [6.07, 6.45) is 2.59. The summed E-state index contributed by atoms with van der Waals surface area (Å²) in [4.78, 5) is 12.1. The molecule has 0 radical (unpaired) electrons. The van der Waals surface area contributed by atoms with Crippen molar-refractivity contribution >= 4 is 11.7 Å². The molecule has 0 bridgehead atoms. The molecule has 0 aliphatic rings. The van der Waals surface area contributed by atoms with Crippen LogP contribution in [0.3, 0.4) is 0 Å². The zero-order valence-electron chi connectivity index (χ0n) is 12.4. The Morgan fingerprint density at radius 3 is 2.71 bits per heavy atom. The van der Waals surface area contributed by atoms with E-state index in [0.29, 0.717) is 11.6 Å². The van der Waals surface area contributed by atoms with Gasteiger partial charge in [-0.3, -0.25) is 4.79 Å². The van der Waals surface area contributed by atoms with Crippen LogP contribution in [0.4, 0.5) is 5.82 Å². The lowest BCUT2D eigenvalue weighted by Gasteiger charge is -2.12. The lowest BCUT2D eigenvalue weighted by atomic mass is 10.3. The molecule has 0 fully saturated rings. The lowest BCUT2D eigenvalue weighted by Crippen LogP contribution is -2.29. The van der Waals surface area contributed by atoms with Crippen molar-refractivity contribution in [1.29, 1.82) is 0 Å². The van der Waals surface area contributed by atoms with Crippen LogP contribution in [0.25, 0.3) is 0 Å². The lowest BCUT2D eigenvalue weighted by molar-refractivity contribution is 0.0931. The van der Waals surface area contributed by atoms with Crippen LogP contribution < -0.4 is 10.6 Å². The number of carbonyl (C=O) groups excluding carboxylic acids is 1. The van der Waals surface area contributed by atoms with Crippen molar-refractivity contribution in [1.82, 2.24) is 30.3 Å². The first-order chi connectivity index (χ1) is 10.1. The molecule has 21 heavy (non-hydrogen) atoms. The molecule has 1 atom stereocenters. The van der Waals surface area contributed by atoms with Gasteiger partial charge in [0.15, 0.2) is 11.5 Å². The maximum atomic E-state index is 12.1. The van der Waals surface area contributed by atoms with Crippen LogP contribution >= 0.6 is 0 Å². The fourth-order valence-electron chi connectivity index (χ4n) is 1.82. The number of rotatable bonds is 6. The average molecular weight is 289 g/mol. The minimum atomic E-state index is -0.292. The van der Waals surface area contributed by atoms with Gasteiger partial charge in [-0.1, -0.05) is 6.92 Å². The fourth-order valence-corrected chi connectivity index (χ4v) is 1.82. The van der Waals surface area contributed by atoms with Gasteiger partial charge in [-0.25, -0.2) is 0 Å². The summed E-state index contributed by atoms with van der Waals surface area (Å²) in [5.74, 6) is 1.05. The van der Waals surface area contributed by atoms with E-state index < -0.39 is 0 Å². The van der Waals surface area contributed by atoms with E-state index in [2.05, 4.69) is 38.0 Å². The number of nitrogens with zero attached hydrogens (tertiary/aromatic N) is 5. The Morgan fingerprint density at radius 2 is 2.14 bits per heavy atom. The number of amides is 1. The Labute approximate surface area is 123 Å². The second kappa shape index (κ2) is 6.78. The first kappa shape index (κ1) is 14.9. The first-order valence-electron chi connectivity index (χ1n) is 6.84. The van der Waals surface area contributed by atoms with Crippen molar-refractivity contribution in [2.75, 3.05) is 11.9 Å². The molecule has 0 saturated heterocycles. The topological polar surface area (TPSA) is 97.6 Å². The Morgan fingerprint density at radius 1 is 1.33 bits per heavy atom. The van der Waals surface area contributed by atoms with Gasteiger partial charge in [0.05, 0.1) is 6.04 Å². The van der Waals surface area contributed by atoms with Crippen molar-refractivity contribution in [2.24, 2.45) is 7.05 Å². The Balaban J connectivity index is 1.98. The van der Waals surface area contributed by atoms with Gasteiger partial charge in [0.2, 0.25) is 0 Å². The maximum Gasteiger partial charge on any atom is 0.272 e. The van der Waals surface area contributed by atoms with Crippen LogP contribution in [0.2, 0.25) is 0 Å². The number of carbonyl (C=O) groups is 1. The second-order valence-electron chi connectivity index (χ2n) is 4.73. The number of hydrogen-bond donors (Lipinski definition) is 2. The van der Waals surface area contributed by atoms with E-state index >= 15 is 0 Å². The minimum absolute atomic E-state index is 0.260. The molecule has 1 amide bonds. The van der Waals surface area contributed by atoms with Crippen LogP contribution in [0.1, 0.15) is 42.6 Å². The van der Waals surface area contributed by atoms with E-state index in [-0.39, 0.29) is 17.6 Å². The van der Waals surface area contributed by atoms with Gasteiger partial charge >= 0.3 is 0 Å². The SMILES string of the molecule is CCCNc1ccc(C(=O)NC(C)c2nncn2C)nn1. The highest BCUT2D eigenvalue weighted by atomic mass is 16.2.